The Labute approximate surface area is 269 Å². The highest BCUT2D eigenvalue weighted by molar-refractivity contribution is 7.19. The topological polar surface area (TPSA) is 95.5 Å². The second-order valence-corrected chi connectivity index (χ2v) is 13.6. The van der Waals surface area contributed by atoms with Gasteiger partial charge in [0.15, 0.2) is 0 Å². The lowest BCUT2D eigenvalue weighted by Crippen LogP contribution is -2.38. The van der Waals surface area contributed by atoms with Gasteiger partial charge in [0.2, 0.25) is 11.8 Å². The fourth-order valence-corrected chi connectivity index (χ4v) is 7.68. The molecule has 14 heteroatoms. The lowest BCUT2D eigenvalue weighted by molar-refractivity contribution is -0.144. The fourth-order valence-electron chi connectivity index (χ4n) is 6.56. The van der Waals surface area contributed by atoms with E-state index in [2.05, 4.69) is 15.3 Å². The van der Waals surface area contributed by atoms with Crippen molar-refractivity contribution in [2.24, 2.45) is 17.3 Å². The van der Waals surface area contributed by atoms with Crippen LogP contribution >= 0.6 is 36.2 Å². The number of alkyl halides is 3. The van der Waals surface area contributed by atoms with E-state index < -0.39 is 11.9 Å². The molecule has 2 unspecified atom stereocenters. The quantitative estimate of drug-likeness (QED) is 0.329. The Morgan fingerprint density at radius 3 is 2.43 bits per heavy atom. The molecule has 8 nitrogen and oxygen atoms in total. The lowest BCUT2D eigenvalue weighted by atomic mass is 9.99. The molecule has 3 fully saturated rings. The van der Waals surface area contributed by atoms with Crippen LogP contribution < -0.4 is 5.32 Å². The molecule has 1 aliphatic carbocycles. The molecule has 6 rings (SSSR count). The van der Waals surface area contributed by atoms with E-state index in [0.717, 1.165) is 12.5 Å². The Morgan fingerprint density at radius 2 is 1.82 bits per heavy atom. The Morgan fingerprint density at radius 1 is 1.16 bits per heavy atom. The van der Waals surface area contributed by atoms with E-state index in [1.165, 1.54) is 29.4 Å². The van der Waals surface area contributed by atoms with Crippen molar-refractivity contribution in [3.05, 3.63) is 46.1 Å². The summed E-state index contributed by atoms with van der Waals surface area (Å²) in [5.74, 6) is -1.37. The first-order valence-corrected chi connectivity index (χ1v) is 14.9. The number of fused-ring (bicyclic) bond motifs is 2. The van der Waals surface area contributed by atoms with Crippen molar-refractivity contribution in [3.8, 4) is 11.3 Å². The lowest BCUT2D eigenvalue weighted by Gasteiger charge is -2.22. The van der Waals surface area contributed by atoms with Gasteiger partial charge >= 0.3 is 6.18 Å². The van der Waals surface area contributed by atoms with E-state index in [0.29, 0.717) is 33.7 Å². The molecule has 44 heavy (non-hydrogen) atoms. The van der Waals surface area contributed by atoms with Crippen LogP contribution in [0.25, 0.3) is 21.5 Å². The first-order chi connectivity index (χ1) is 19.7. The van der Waals surface area contributed by atoms with Gasteiger partial charge < -0.3 is 10.2 Å². The number of aryl methyl sites for hydroxylation is 1. The zero-order chi connectivity index (χ0) is 30.3. The standard InChI is InChI=1S/C30H32F3N5O3S.2ClH/c1-14(2)35-16-7-9-37(12-16)26(39)21-15(3)10-20(30(31,32)33)36-24(21)18-6-8-34-19-11-17(42-25(18)19)13-38-27(40)22-23(28(38)41)29(22,4)5;;/h6,8,10-11,14,16,22-23,35H,7,9,12-13H2,1-5H3;2*1H/t16-,22?,23?;;/m0../s1. The highest BCUT2D eigenvalue weighted by Gasteiger charge is 2.72. The van der Waals surface area contributed by atoms with E-state index >= 15 is 0 Å². The molecule has 2 saturated heterocycles. The van der Waals surface area contributed by atoms with Crippen LogP contribution in [0.4, 0.5) is 13.2 Å². The number of halogens is 5. The summed E-state index contributed by atoms with van der Waals surface area (Å²) in [5.41, 5.74) is -0.288. The Bertz CT molecular complexity index is 1620. The smallest absolute Gasteiger partial charge is 0.337 e. The number of rotatable bonds is 6. The van der Waals surface area contributed by atoms with Gasteiger partial charge in [-0.15, -0.1) is 36.2 Å². The van der Waals surface area contributed by atoms with E-state index in [9.17, 15) is 27.6 Å². The van der Waals surface area contributed by atoms with Gasteiger partial charge in [0, 0.05) is 41.8 Å². The minimum absolute atomic E-state index is 0. The number of carbonyl (C=O) groups excluding carboxylic acids is 3. The summed E-state index contributed by atoms with van der Waals surface area (Å²) < 4.78 is 42.3. The van der Waals surface area contributed by atoms with E-state index in [-0.39, 0.29) is 95.2 Å². The number of imide groups is 1. The third kappa shape index (κ3) is 5.70. The molecule has 3 amide bonds. The van der Waals surface area contributed by atoms with Gasteiger partial charge in [-0.05, 0) is 42.5 Å². The monoisotopic (exact) mass is 671 g/mol. The first-order valence-electron chi connectivity index (χ1n) is 14.1. The number of thiophene rings is 1. The van der Waals surface area contributed by atoms with Crippen molar-refractivity contribution in [3.63, 3.8) is 0 Å². The number of aromatic nitrogens is 2. The molecule has 3 aromatic heterocycles. The van der Waals surface area contributed by atoms with Crippen LogP contribution in [0.2, 0.25) is 0 Å². The summed E-state index contributed by atoms with van der Waals surface area (Å²) in [4.78, 5) is 51.7. The van der Waals surface area contributed by atoms with Crippen molar-refractivity contribution in [1.29, 1.82) is 0 Å². The van der Waals surface area contributed by atoms with Gasteiger partial charge in [-0.2, -0.15) is 13.2 Å². The van der Waals surface area contributed by atoms with Crippen LogP contribution in [0.3, 0.4) is 0 Å². The average Bonchev–Trinajstić information content (AvgIpc) is 3.30. The predicted octanol–water partition coefficient (Wildman–Crippen LogP) is 5.88. The minimum Gasteiger partial charge on any atom is -0.337 e. The van der Waals surface area contributed by atoms with Gasteiger partial charge in [0.25, 0.3) is 5.91 Å². The van der Waals surface area contributed by atoms with E-state index in [4.69, 9.17) is 0 Å². The Kier molecular flexibility index (Phi) is 9.18. The number of likely N-dealkylation sites (tertiary alicyclic amines) is 2. The van der Waals surface area contributed by atoms with Gasteiger partial charge in [0.05, 0.1) is 39.9 Å². The molecular weight excluding hydrogens is 638 g/mol. The molecular formula is C30H34Cl2F3N5O3S. The molecule has 3 aromatic rings. The SMILES string of the molecule is Cc1cc(C(F)(F)F)nc(-c2ccnc3cc(CN4C(=O)C5C(C4=O)C5(C)C)sc23)c1C(=O)N1CC[C@H](NC(C)C)C1.Cl.Cl. The first kappa shape index (κ1) is 34.1. The number of carbonyl (C=O) groups is 3. The number of hydrogen-bond donors (Lipinski definition) is 1. The molecule has 0 aromatic carbocycles. The molecule has 1 N–H and O–H groups in total. The zero-order valence-corrected chi connectivity index (χ0v) is 27.3. The van der Waals surface area contributed by atoms with Crippen molar-refractivity contribution in [1.82, 2.24) is 25.1 Å². The average molecular weight is 673 g/mol. The third-order valence-electron chi connectivity index (χ3n) is 8.69. The summed E-state index contributed by atoms with van der Waals surface area (Å²) in [6.45, 7) is 10.4. The molecule has 0 bridgehead atoms. The van der Waals surface area contributed by atoms with Crippen molar-refractivity contribution in [2.45, 2.75) is 65.8 Å². The fraction of sp³-hybridized carbons (Fsp3) is 0.500. The van der Waals surface area contributed by atoms with Crippen LogP contribution in [0.15, 0.2) is 24.4 Å². The number of piperidine rings is 1. The third-order valence-corrected chi connectivity index (χ3v) is 9.83. The highest BCUT2D eigenvalue weighted by Crippen LogP contribution is 2.63. The highest BCUT2D eigenvalue weighted by atomic mass is 35.5. The number of pyridine rings is 2. The summed E-state index contributed by atoms with van der Waals surface area (Å²) >= 11 is 1.24. The molecule has 3 aliphatic rings. The number of nitrogens with one attached hydrogen (secondary N) is 1. The van der Waals surface area contributed by atoms with Crippen LogP contribution in [-0.4, -0.2) is 62.7 Å². The molecule has 0 radical (unpaired) electrons. The minimum atomic E-state index is -4.71. The van der Waals surface area contributed by atoms with Crippen molar-refractivity contribution in [2.75, 3.05) is 13.1 Å². The molecule has 238 valence electrons. The largest absolute Gasteiger partial charge is 0.433 e. The summed E-state index contributed by atoms with van der Waals surface area (Å²) in [5, 5.41) is 3.42. The van der Waals surface area contributed by atoms with Crippen LogP contribution in [0.5, 0.6) is 0 Å². The number of amides is 3. The Hall–Kier alpha value is -2.80. The van der Waals surface area contributed by atoms with Gasteiger partial charge in [-0.1, -0.05) is 27.7 Å². The maximum Gasteiger partial charge on any atom is 0.433 e. The maximum absolute atomic E-state index is 13.9. The molecule has 1 saturated carbocycles. The van der Waals surface area contributed by atoms with E-state index in [1.54, 1.807) is 17.0 Å². The predicted molar refractivity (Wildman–Crippen MR) is 166 cm³/mol. The normalized spacial score (nSPS) is 22.3. The second-order valence-electron chi connectivity index (χ2n) is 12.4. The second kappa shape index (κ2) is 11.9. The van der Waals surface area contributed by atoms with Crippen LogP contribution in [0.1, 0.15) is 60.6 Å². The Balaban J connectivity index is 0.00000221. The number of hydrogen-bond acceptors (Lipinski definition) is 7. The van der Waals surface area contributed by atoms with Gasteiger partial charge in [-0.3, -0.25) is 24.3 Å². The number of nitrogens with zero attached hydrogens (tertiary/aromatic N) is 4. The summed E-state index contributed by atoms with van der Waals surface area (Å²) in [6.07, 6.45) is -2.49. The molecule has 3 atom stereocenters. The molecule has 2 aliphatic heterocycles. The summed E-state index contributed by atoms with van der Waals surface area (Å²) in [6, 6.07) is 4.56. The zero-order valence-electron chi connectivity index (χ0n) is 24.8. The molecule has 5 heterocycles. The van der Waals surface area contributed by atoms with Crippen LogP contribution in [-0.2, 0) is 22.3 Å². The van der Waals surface area contributed by atoms with Crippen molar-refractivity contribution < 1.29 is 27.6 Å². The molecule has 0 spiro atoms. The summed E-state index contributed by atoms with van der Waals surface area (Å²) in [7, 11) is 0. The van der Waals surface area contributed by atoms with Crippen LogP contribution in [0, 0.1) is 24.2 Å². The van der Waals surface area contributed by atoms with Gasteiger partial charge in [-0.25, -0.2) is 4.98 Å². The van der Waals surface area contributed by atoms with E-state index in [1.807, 2.05) is 27.7 Å². The maximum atomic E-state index is 13.9. The van der Waals surface area contributed by atoms with Crippen molar-refractivity contribution >= 4 is 64.1 Å². The van der Waals surface area contributed by atoms with Gasteiger partial charge in [0.1, 0.15) is 5.69 Å².